The van der Waals surface area contributed by atoms with Crippen molar-refractivity contribution in [2.45, 2.75) is 89.1 Å². The van der Waals surface area contributed by atoms with Gasteiger partial charge in [-0.1, -0.05) is 91.3 Å². The Balaban J connectivity index is 0.999. The van der Waals surface area contributed by atoms with Crippen LogP contribution in [0.25, 0.3) is 22.2 Å². The summed E-state index contributed by atoms with van der Waals surface area (Å²) in [5.74, 6) is -0.459. The lowest BCUT2D eigenvalue weighted by atomic mass is 9.97. The molecular weight excluding hydrogens is 711 g/mol. The van der Waals surface area contributed by atoms with Crippen molar-refractivity contribution >= 4 is 22.8 Å². The number of piperidine rings is 1. The molecule has 0 bridgehead atoms. The minimum Gasteiger partial charge on any atom is -0.392 e. The maximum absolute atomic E-state index is 12.9. The van der Waals surface area contributed by atoms with E-state index in [4.69, 9.17) is 14.7 Å². The number of nitrogens with zero attached hydrogens (tertiary/aromatic N) is 2. The van der Waals surface area contributed by atoms with Crippen LogP contribution in [0.1, 0.15) is 92.1 Å². The van der Waals surface area contributed by atoms with Crippen LogP contribution in [-0.4, -0.2) is 62.3 Å². The Morgan fingerprint density at radius 2 is 1.50 bits per heavy atom. The van der Waals surface area contributed by atoms with Crippen LogP contribution in [0.5, 0.6) is 0 Å². The van der Waals surface area contributed by atoms with Crippen LogP contribution in [0.3, 0.4) is 0 Å². The van der Waals surface area contributed by atoms with Crippen molar-refractivity contribution < 1.29 is 29.4 Å². The molecule has 3 unspecified atom stereocenters. The average Bonchev–Trinajstić information content (AvgIpc) is 3.58. The van der Waals surface area contributed by atoms with E-state index in [0.29, 0.717) is 32.2 Å². The van der Waals surface area contributed by atoms with Crippen LogP contribution >= 0.6 is 0 Å². The summed E-state index contributed by atoms with van der Waals surface area (Å²) < 4.78 is 15.3. The maximum Gasteiger partial charge on any atom is 0.326 e. The fraction of sp³-hybridized carbons (Fsp3) is 0.386. The number of ether oxygens (including phenoxy) is 2. The maximum atomic E-state index is 12.9. The van der Waals surface area contributed by atoms with Crippen molar-refractivity contribution in [2.75, 3.05) is 19.6 Å². The topological polar surface area (TPSA) is 158 Å². The second-order valence-electron chi connectivity index (χ2n) is 14.9. The number of unbranched alkanes of at least 4 members (excludes halogenated alkanes) is 2. The van der Waals surface area contributed by atoms with Crippen LogP contribution in [0.4, 0.5) is 0 Å². The van der Waals surface area contributed by atoms with Crippen LogP contribution in [0.2, 0.25) is 0 Å². The van der Waals surface area contributed by atoms with Crippen LogP contribution in [-0.2, 0) is 32.2 Å². The Morgan fingerprint density at radius 3 is 2.25 bits per heavy atom. The number of nitrogens with one attached hydrogen (secondary N) is 3. The number of aliphatic hydroxyl groups excluding tert-OH is 1. The average molecular weight is 762 g/mol. The van der Waals surface area contributed by atoms with E-state index in [-0.39, 0.29) is 42.9 Å². The number of H-pyrrole nitrogens is 1. The number of aromatic nitrogens is 2. The SMILES string of the molecule is O=C(CCCCCC(=O)NCc1ccccc1-c1ccc(C2OC(CN3CCC(n4c(=O)[nH]c5ccccc54)CC3)CC(c3ccc(CO)cc3)O2)cc1)NO. The van der Waals surface area contributed by atoms with Gasteiger partial charge in [0.05, 0.1) is 29.8 Å². The van der Waals surface area contributed by atoms with Crippen molar-refractivity contribution in [1.29, 1.82) is 0 Å². The lowest BCUT2D eigenvalue weighted by Crippen LogP contribution is -2.43. The monoisotopic (exact) mass is 761 g/mol. The highest BCUT2D eigenvalue weighted by molar-refractivity contribution is 5.77. The van der Waals surface area contributed by atoms with Gasteiger partial charge < -0.3 is 29.8 Å². The third kappa shape index (κ3) is 9.63. The molecule has 2 aliphatic heterocycles. The van der Waals surface area contributed by atoms with E-state index in [1.54, 1.807) is 5.48 Å². The summed E-state index contributed by atoms with van der Waals surface area (Å²) in [6.07, 6.45) is 4.19. The van der Waals surface area contributed by atoms with Crippen LogP contribution in [0.15, 0.2) is 102 Å². The van der Waals surface area contributed by atoms with Crippen LogP contribution in [0, 0.1) is 0 Å². The third-order valence-corrected chi connectivity index (χ3v) is 11.0. The standard InChI is InChI=1S/C44H51N5O7/c50-29-30-14-16-32(17-15-30)40-26-36(28-48-24-22-35(23-25-48)49-39-11-7-6-10-38(39)46-44(49)53)55-43(56-40)33-20-18-31(19-21-33)37-9-5-4-8-34(37)27-45-41(51)12-2-1-3-13-42(52)47-54/h4-11,14-21,35-36,40,43,50,54H,1-3,12-13,22-29H2,(H,45,51)(H,46,53)(H,47,52). The van der Waals surface area contributed by atoms with Gasteiger partial charge in [0.2, 0.25) is 11.8 Å². The van der Waals surface area contributed by atoms with Gasteiger partial charge in [0.25, 0.3) is 0 Å². The predicted molar refractivity (Wildman–Crippen MR) is 212 cm³/mol. The van der Waals surface area contributed by atoms with Crippen molar-refractivity contribution in [1.82, 2.24) is 25.2 Å². The Morgan fingerprint density at radius 1 is 0.804 bits per heavy atom. The van der Waals surface area contributed by atoms with Gasteiger partial charge in [-0.15, -0.1) is 0 Å². The van der Waals surface area contributed by atoms with Gasteiger partial charge in [-0.25, -0.2) is 10.3 Å². The number of amides is 2. The Labute approximate surface area is 326 Å². The smallest absolute Gasteiger partial charge is 0.326 e. The summed E-state index contributed by atoms with van der Waals surface area (Å²) in [5, 5.41) is 21.3. The molecule has 2 aliphatic rings. The number of aliphatic hydroxyl groups is 1. The number of benzene rings is 4. The number of imidazole rings is 1. The first-order valence-corrected chi connectivity index (χ1v) is 19.7. The highest BCUT2D eigenvalue weighted by Crippen LogP contribution is 2.39. The zero-order valence-corrected chi connectivity index (χ0v) is 31.6. The third-order valence-electron chi connectivity index (χ3n) is 11.0. The molecule has 3 atom stereocenters. The molecule has 2 fully saturated rings. The number of carbonyl (C=O) groups excluding carboxylic acids is 2. The minimum absolute atomic E-state index is 0.0162. The number of hydrogen-bond acceptors (Lipinski definition) is 8. The summed E-state index contributed by atoms with van der Waals surface area (Å²) in [5.41, 5.74) is 9.25. The molecule has 7 rings (SSSR count). The zero-order chi connectivity index (χ0) is 38.9. The summed E-state index contributed by atoms with van der Waals surface area (Å²) in [4.78, 5) is 42.1. The molecule has 1 aromatic heterocycles. The molecule has 0 radical (unpaired) electrons. The molecule has 5 aromatic rings. The number of hydrogen-bond donors (Lipinski definition) is 5. The van der Waals surface area contributed by atoms with Gasteiger partial charge in [-0.2, -0.15) is 0 Å². The Hall–Kier alpha value is -5.11. The lowest BCUT2D eigenvalue weighted by molar-refractivity contribution is -0.253. The van der Waals surface area contributed by atoms with E-state index >= 15 is 0 Å². The van der Waals surface area contributed by atoms with Crippen LogP contribution < -0.4 is 16.5 Å². The van der Waals surface area contributed by atoms with Gasteiger partial charge in [-0.3, -0.25) is 19.4 Å². The molecule has 0 aliphatic carbocycles. The summed E-state index contributed by atoms with van der Waals surface area (Å²) in [6, 6.07) is 32.2. The van der Waals surface area contributed by atoms with Crippen molar-refractivity contribution in [3.05, 3.63) is 130 Å². The molecule has 0 saturated carbocycles. The molecule has 4 aromatic carbocycles. The highest BCUT2D eigenvalue weighted by atomic mass is 16.7. The first kappa shape index (κ1) is 39.1. The Kier molecular flexibility index (Phi) is 13.1. The molecule has 294 valence electrons. The van der Waals surface area contributed by atoms with E-state index in [1.807, 2.05) is 83.4 Å². The van der Waals surface area contributed by atoms with Gasteiger partial charge in [0, 0.05) is 57.0 Å². The van der Waals surface area contributed by atoms with Gasteiger partial charge >= 0.3 is 5.69 Å². The minimum atomic E-state index is -0.583. The molecule has 56 heavy (non-hydrogen) atoms. The predicted octanol–water partition coefficient (Wildman–Crippen LogP) is 6.44. The van der Waals surface area contributed by atoms with E-state index in [2.05, 4.69) is 33.4 Å². The quantitative estimate of drug-likeness (QED) is 0.0463. The number of aromatic amines is 1. The number of carbonyl (C=O) groups is 2. The number of likely N-dealkylation sites (tertiary alicyclic amines) is 1. The number of hydroxylamine groups is 1. The molecule has 5 N–H and O–H groups in total. The number of rotatable bonds is 15. The fourth-order valence-electron chi connectivity index (χ4n) is 7.98. The van der Waals surface area contributed by atoms with E-state index in [0.717, 1.165) is 83.3 Å². The molecule has 2 saturated heterocycles. The van der Waals surface area contributed by atoms with Crippen molar-refractivity contribution in [2.24, 2.45) is 0 Å². The second kappa shape index (κ2) is 18.7. The van der Waals surface area contributed by atoms with E-state index in [9.17, 15) is 19.5 Å². The van der Waals surface area contributed by atoms with Crippen molar-refractivity contribution in [3.8, 4) is 11.1 Å². The van der Waals surface area contributed by atoms with Crippen molar-refractivity contribution in [3.63, 3.8) is 0 Å². The number of para-hydroxylation sites is 2. The van der Waals surface area contributed by atoms with Gasteiger partial charge in [0.15, 0.2) is 6.29 Å². The second-order valence-corrected chi connectivity index (χ2v) is 14.9. The molecule has 12 nitrogen and oxygen atoms in total. The summed E-state index contributed by atoms with van der Waals surface area (Å²) >= 11 is 0. The zero-order valence-electron chi connectivity index (χ0n) is 31.6. The highest BCUT2D eigenvalue weighted by Gasteiger charge is 2.34. The van der Waals surface area contributed by atoms with Gasteiger partial charge in [-0.05, 0) is 65.6 Å². The van der Waals surface area contributed by atoms with E-state index in [1.165, 1.54) is 0 Å². The molecular formula is C44H51N5O7. The normalized spacial score (nSPS) is 19.2. The summed E-state index contributed by atoms with van der Waals surface area (Å²) in [6.45, 7) is 2.85. The van der Waals surface area contributed by atoms with Gasteiger partial charge in [0.1, 0.15) is 0 Å². The molecule has 2 amide bonds. The fourth-order valence-corrected chi connectivity index (χ4v) is 7.98. The van der Waals surface area contributed by atoms with E-state index < -0.39 is 12.2 Å². The largest absolute Gasteiger partial charge is 0.392 e. The molecule has 12 heteroatoms. The first-order chi connectivity index (χ1) is 27.4. The lowest BCUT2D eigenvalue weighted by Gasteiger charge is -2.40. The Bertz CT molecular complexity index is 2120. The summed E-state index contributed by atoms with van der Waals surface area (Å²) in [7, 11) is 0. The number of fused-ring (bicyclic) bond motifs is 1. The molecule has 0 spiro atoms. The first-order valence-electron chi connectivity index (χ1n) is 19.7. The molecule has 3 heterocycles.